The number of hydrogen-bond acceptors (Lipinski definition) is 2. The monoisotopic (exact) mass is 338 g/mol. The summed E-state index contributed by atoms with van der Waals surface area (Å²) < 4.78 is 1.04. The second-order valence-electron chi connectivity index (χ2n) is 5.62. The van der Waals surface area contributed by atoms with Crippen LogP contribution < -0.4 is 5.32 Å². The highest BCUT2D eigenvalue weighted by Gasteiger charge is 2.17. The van der Waals surface area contributed by atoms with E-state index in [0.717, 1.165) is 28.7 Å². The first-order valence-electron chi connectivity index (χ1n) is 7.36. The zero-order valence-corrected chi connectivity index (χ0v) is 13.9. The zero-order valence-electron chi connectivity index (χ0n) is 12.3. The molecular formula is C16H23BrN2O. The summed E-state index contributed by atoms with van der Waals surface area (Å²) in [7, 11) is 0. The van der Waals surface area contributed by atoms with Crippen LogP contribution in [0.3, 0.4) is 0 Å². The predicted molar refractivity (Wildman–Crippen MR) is 86.1 cm³/mol. The molecule has 110 valence electrons. The number of carbonyl (C=O) groups is 1. The van der Waals surface area contributed by atoms with Crippen LogP contribution in [0, 0.1) is 6.92 Å². The lowest BCUT2D eigenvalue weighted by Gasteiger charge is -2.32. The summed E-state index contributed by atoms with van der Waals surface area (Å²) >= 11 is 3.45. The number of benzene rings is 1. The summed E-state index contributed by atoms with van der Waals surface area (Å²) in [5, 5.41) is 3.05. The summed E-state index contributed by atoms with van der Waals surface area (Å²) in [6, 6.07) is 6.12. The quantitative estimate of drug-likeness (QED) is 0.912. The molecule has 0 radical (unpaired) electrons. The predicted octanol–water partition coefficient (Wildman–Crippen LogP) is 3.36. The highest BCUT2D eigenvalue weighted by molar-refractivity contribution is 9.10. The molecule has 1 amide bonds. The van der Waals surface area contributed by atoms with Crippen LogP contribution in [-0.4, -0.2) is 36.5 Å². The molecule has 0 aromatic heterocycles. The Hall–Kier alpha value is -0.870. The molecule has 20 heavy (non-hydrogen) atoms. The normalized spacial score (nSPS) is 17.8. The Labute approximate surface area is 129 Å². The number of amides is 1. The Morgan fingerprint density at radius 2 is 2.05 bits per heavy atom. The van der Waals surface area contributed by atoms with E-state index in [-0.39, 0.29) is 5.91 Å². The van der Waals surface area contributed by atoms with Crippen LogP contribution in [0.1, 0.15) is 42.1 Å². The minimum absolute atomic E-state index is 0.0180. The topological polar surface area (TPSA) is 32.3 Å². The molecule has 0 bridgehead atoms. The standard InChI is InChI=1S/C16H23BrN2O/c1-12-10-14(6-7-15(12)17)16(20)18-11-13(2)19-8-4-3-5-9-19/h6-7,10,13H,3-5,8-9,11H2,1-2H3,(H,18,20). The maximum absolute atomic E-state index is 12.2. The van der Waals surface area contributed by atoms with Crippen molar-refractivity contribution in [3.05, 3.63) is 33.8 Å². The molecule has 1 N–H and O–H groups in total. The van der Waals surface area contributed by atoms with Gasteiger partial charge in [-0.25, -0.2) is 0 Å². The van der Waals surface area contributed by atoms with Crippen LogP contribution in [0.2, 0.25) is 0 Å². The Balaban J connectivity index is 1.86. The molecule has 1 atom stereocenters. The summed E-state index contributed by atoms with van der Waals surface area (Å²) in [5.74, 6) is 0.0180. The van der Waals surface area contributed by atoms with Crippen LogP contribution in [0.25, 0.3) is 0 Å². The lowest BCUT2D eigenvalue weighted by Crippen LogP contribution is -2.44. The molecule has 1 aromatic carbocycles. The largest absolute Gasteiger partial charge is 0.350 e. The molecule has 4 heteroatoms. The highest BCUT2D eigenvalue weighted by atomic mass is 79.9. The molecule has 3 nitrogen and oxygen atoms in total. The van der Waals surface area contributed by atoms with Crippen molar-refractivity contribution in [1.82, 2.24) is 10.2 Å². The number of halogens is 1. The van der Waals surface area contributed by atoms with E-state index in [2.05, 4.69) is 33.1 Å². The van der Waals surface area contributed by atoms with Gasteiger partial charge in [-0.05, 0) is 63.5 Å². The van der Waals surface area contributed by atoms with Crippen molar-refractivity contribution in [2.75, 3.05) is 19.6 Å². The fourth-order valence-electron chi connectivity index (χ4n) is 2.62. The molecule has 0 aliphatic carbocycles. The van der Waals surface area contributed by atoms with Crippen LogP contribution in [-0.2, 0) is 0 Å². The molecule has 0 saturated carbocycles. The first kappa shape index (κ1) is 15.5. The minimum atomic E-state index is 0.0180. The Morgan fingerprint density at radius 3 is 2.70 bits per heavy atom. The first-order chi connectivity index (χ1) is 9.58. The molecule has 1 fully saturated rings. The zero-order chi connectivity index (χ0) is 14.5. The fourth-order valence-corrected chi connectivity index (χ4v) is 2.86. The van der Waals surface area contributed by atoms with Gasteiger partial charge in [0.15, 0.2) is 0 Å². The number of piperidine rings is 1. The van der Waals surface area contributed by atoms with Gasteiger partial charge in [0.1, 0.15) is 0 Å². The smallest absolute Gasteiger partial charge is 0.251 e. The molecule has 1 aromatic rings. The van der Waals surface area contributed by atoms with Gasteiger partial charge in [-0.2, -0.15) is 0 Å². The van der Waals surface area contributed by atoms with Crippen molar-refractivity contribution >= 4 is 21.8 Å². The number of hydrogen-bond donors (Lipinski definition) is 1. The molecule has 0 spiro atoms. The Kier molecular flexibility index (Phi) is 5.61. The maximum atomic E-state index is 12.2. The number of carbonyl (C=O) groups excluding carboxylic acids is 1. The average Bonchev–Trinajstić information content (AvgIpc) is 2.48. The van der Waals surface area contributed by atoms with Crippen LogP contribution >= 0.6 is 15.9 Å². The second kappa shape index (κ2) is 7.23. The van der Waals surface area contributed by atoms with E-state index in [1.54, 1.807) is 0 Å². The Morgan fingerprint density at radius 1 is 1.35 bits per heavy atom. The molecule has 2 rings (SSSR count). The van der Waals surface area contributed by atoms with E-state index in [4.69, 9.17) is 0 Å². The minimum Gasteiger partial charge on any atom is -0.350 e. The lowest BCUT2D eigenvalue weighted by molar-refractivity contribution is 0.0930. The third-order valence-electron chi connectivity index (χ3n) is 3.99. The first-order valence-corrected chi connectivity index (χ1v) is 8.15. The number of aryl methyl sites for hydroxylation is 1. The van der Waals surface area contributed by atoms with Crippen molar-refractivity contribution in [3.8, 4) is 0 Å². The van der Waals surface area contributed by atoms with Gasteiger partial charge in [0, 0.05) is 22.6 Å². The van der Waals surface area contributed by atoms with Crippen LogP contribution in [0.4, 0.5) is 0 Å². The average molecular weight is 339 g/mol. The van der Waals surface area contributed by atoms with Crippen LogP contribution in [0.5, 0.6) is 0 Å². The van der Waals surface area contributed by atoms with Gasteiger partial charge in [0.05, 0.1) is 0 Å². The van der Waals surface area contributed by atoms with Gasteiger partial charge in [0.2, 0.25) is 0 Å². The Bertz CT molecular complexity index is 470. The van der Waals surface area contributed by atoms with Gasteiger partial charge in [-0.3, -0.25) is 9.69 Å². The van der Waals surface area contributed by atoms with E-state index >= 15 is 0 Å². The van der Waals surface area contributed by atoms with E-state index in [0.29, 0.717) is 12.6 Å². The number of nitrogens with zero attached hydrogens (tertiary/aromatic N) is 1. The second-order valence-corrected chi connectivity index (χ2v) is 6.47. The van der Waals surface area contributed by atoms with E-state index in [1.165, 1.54) is 19.3 Å². The third-order valence-corrected chi connectivity index (χ3v) is 4.88. The van der Waals surface area contributed by atoms with Crippen molar-refractivity contribution in [2.24, 2.45) is 0 Å². The van der Waals surface area contributed by atoms with Crippen LogP contribution in [0.15, 0.2) is 22.7 Å². The number of rotatable bonds is 4. The van der Waals surface area contributed by atoms with Gasteiger partial charge >= 0.3 is 0 Å². The van der Waals surface area contributed by atoms with Crippen molar-refractivity contribution in [2.45, 2.75) is 39.2 Å². The molecular weight excluding hydrogens is 316 g/mol. The summed E-state index contributed by atoms with van der Waals surface area (Å²) in [6.45, 7) is 7.23. The van der Waals surface area contributed by atoms with Gasteiger partial charge < -0.3 is 5.32 Å². The summed E-state index contributed by atoms with van der Waals surface area (Å²) in [6.07, 6.45) is 3.90. The van der Waals surface area contributed by atoms with E-state index in [1.807, 2.05) is 25.1 Å². The summed E-state index contributed by atoms with van der Waals surface area (Å²) in [4.78, 5) is 14.6. The van der Waals surface area contributed by atoms with E-state index < -0.39 is 0 Å². The summed E-state index contributed by atoms with van der Waals surface area (Å²) in [5.41, 5.74) is 1.82. The maximum Gasteiger partial charge on any atom is 0.251 e. The van der Waals surface area contributed by atoms with Crippen molar-refractivity contribution in [3.63, 3.8) is 0 Å². The molecule has 1 aliphatic heterocycles. The lowest BCUT2D eigenvalue weighted by atomic mass is 10.1. The molecule has 1 heterocycles. The molecule has 1 saturated heterocycles. The molecule has 1 unspecified atom stereocenters. The van der Waals surface area contributed by atoms with Gasteiger partial charge in [0.25, 0.3) is 5.91 Å². The number of likely N-dealkylation sites (tertiary alicyclic amines) is 1. The van der Waals surface area contributed by atoms with Gasteiger partial charge in [-0.15, -0.1) is 0 Å². The fraction of sp³-hybridized carbons (Fsp3) is 0.562. The highest BCUT2D eigenvalue weighted by Crippen LogP contribution is 2.17. The SMILES string of the molecule is Cc1cc(C(=O)NCC(C)N2CCCCC2)ccc1Br. The third kappa shape index (κ3) is 4.06. The molecule has 1 aliphatic rings. The van der Waals surface area contributed by atoms with Crippen molar-refractivity contribution < 1.29 is 4.79 Å². The van der Waals surface area contributed by atoms with Crippen molar-refractivity contribution in [1.29, 1.82) is 0 Å². The van der Waals surface area contributed by atoms with Gasteiger partial charge in [-0.1, -0.05) is 22.4 Å². The number of nitrogens with one attached hydrogen (secondary N) is 1. The van der Waals surface area contributed by atoms with E-state index in [9.17, 15) is 4.79 Å².